The Morgan fingerprint density at radius 2 is 1.54 bits per heavy atom. The molecule has 0 radical (unpaired) electrons. The number of hydrogen-bond acceptors (Lipinski definition) is 13. The lowest BCUT2D eigenvalue weighted by molar-refractivity contribution is -0.190. The van der Waals surface area contributed by atoms with Crippen LogP contribution in [-0.4, -0.2) is 92.1 Å². The number of nitrogens with zero attached hydrogens (tertiary/aromatic N) is 8. The Bertz CT molecular complexity index is 2150. The maximum atomic E-state index is 12.8. The molecule has 2 aliphatic heterocycles. The van der Waals surface area contributed by atoms with E-state index in [0.717, 1.165) is 55.4 Å². The molecule has 0 saturated carbocycles. The van der Waals surface area contributed by atoms with Crippen molar-refractivity contribution in [1.29, 1.82) is 0 Å². The molecule has 16 nitrogen and oxygen atoms in total. The van der Waals surface area contributed by atoms with Crippen LogP contribution >= 0.6 is 23.2 Å². The van der Waals surface area contributed by atoms with E-state index in [4.69, 9.17) is 54.9 Å². The highest BCUT2D eigenvalue weighted by molar-refractivity contribution is 7.79. The summed E-state index contributed by atoms with van der Waals surface area (Å²) in [5.41, 5.74) is 3.64. The fourth-order valence-corrected chi connectivity index (χ4v) is 6.79. The van der Waals surface area contributed by atoms with E-state index >= 15 is 0 Å². The van der Waals surface area contributed by atoms with Crippen LogP contribution in [0.4, 0.5) is 11.4 Å². The van der Waals surface area contributed by atoms with Gasteiger partial charge >= 0.3 is 5.69 Å². The van der Waals surface area contributed by atoms with E-state index in [0.29, 0.717) is 28.8 Å². The van der Waals surface area contributed by atoms with Crippen LogP contribution in [-0.2, 0) is 32.2 Å². The number of ether oxygens (including phenoxy) is 3. The lowest BCUT2D eigenvalue weighted by Gasteiger charge is -2.37. The van der Waals surface area contributed by atoms with Gasteiger partial charge in [0.05, 0.1) is 23.4 Å². The molecular formula is C35H38Cl2N8O8S-2. The number of piperazine rings is 1. The molecule has 19 heteroatoms. The highest BCUT2D eigenvalue weighted by Crippen LogP contribution is 2.40. The molecule has 2 aliphatic rings. The fourth-order valence-electron chi connectivity index (χ4n) is 6.24. The number of anilines is 2. The monoisotopic (exact) mass is 800 g/mol. The van der Waals surface area contributed by atoms with Gasteiger partial charge in [0, 0.05) is 58.5 Å². The summed E-state index contributed by atoms with van der Waals surface area (Å²) in [4.78, 5) is 21.6. The van der Waals surface area contributed by atoms with Crippen LogP contribution in [0.5, 0.6) is 5.75 Å². The molecule has 1 unspecified atom stereocenters. The summed E-state index contributed by atoms with van der Waals surface area (Å²) in [7, 11) is -5.17. The third kappa shape index (κ3) is 9.59. The average molecular weight is 802 g/mol. The minimum atomic E-state index is -5.17. The van der Waals surface area contributed by atoms with Gasteiger partial charge in [0.15, 0.2) is 0 Å². The molecule has 2 fully saturated rings. The standard InChI is InChI=1S/C35H38Cl2N8O4.H2O4S/c1-3-25(2)45-34(46)44(24-40-45)29-7-5-27(6-8-29)41-14-16-42(17-15-41)28-9-11-30(12-10-28)47-19-31-20-48-35(49-31,21-43-23-38-22-39-43)32-13-4-26(36)18-33(32)37;1-5(2,3)4/h4-13,18,22-25,31H,3,14-17,19-21H2,1-2H3;(H2,1,2,3,4)/p-2/t25?,31-,35-;/m0./s1. The molecule has 5 aromatic rings. The Morgan fingerprint density at radius 3 is 2.11 bits per heavy atom. The van der Waals surface area contributed by atoms with E-state index in [9.17, 15) is 4.79 Å². The highest BCUT2D eigenvalue weighted by atomic mass is 35.5. The average Bonchev–Trinajstić information content (AvgIpc) is 3.91. The zero-order chi connectivity index (χ0) is 38.5. The second-order valence-corrected chi connectivity index (χ2v) is 14.4. The molecule has 0 N–H and O–H groups in total. The highest BCUT2D eigenvalue weighted by Gasteiger charge is 2.45. The molecule has 2 saturated heterocycles. The zero-order valence-electron chi connectivity index (χ0n) is 29.4. The maximum absolute atomic E-state index is 12.8. The first-order valence-corrected chi connectivity index (χ1v) is 19.2. The van der Waals surface area contributed by atoms with Gasteiger partial charge in [-0.15, -0.1) is 0 Å². The van der Waals surface area contributed by atoms with Gasteiger partial charge in [-0.1, -0.05) is 36.2 Å². The van der Waals surface area contributed by atoms with Crippen LogP contribution in [0, 0.1) is 0 Å². The van der Waals surface area contributed by atoms with Crippen LogP contribution in [0.25, 0.3) is 5.69 Å². The largest absolute Gasteiger partial charge is 0.759 e. The molecule has 0 bridgehead atoms. The van der Waals surface area contributed by atoms with Gasteiger partial charge in [-0.25, -0.2) is 23.7 Å². The van der Waals surface area contributed by atoms with Gasteiger partial charge in [-0.2, -0.15) is 10.2 Å². The molecule has 288 valence electrons. The molecule has 0 spiro atoms. The van der Waals surface area contributed by atoms with Crippen molar-refractivity contribution in [2.45, 2.75) is 44.7 Å². The SMILES string of the molecule is CCC(C)n1ncn(-c2ccc(N3CCN(c4ccc(OC[C@H]5CO[C@](Cn6cncn6)(c6ccc(Cl)cc6Cl)O5)cc4)CC3)cc2)c1=O.O=S(=O)([O-])[O-]. The van der Waals surface area contributed by atoms with Crippen LogP contribution in [0.2, 0.25) is 10.0 Å². The molecule has 0 aliphatic carbocycles. The molecule has 3 aromatic carbocycles. The van der Waals surface area contributed by atoms with E-state index in [1.54, 1.807) is 34.0 Å². The van der Waals surface area contributed by atoms with Gasteiger partial charge in [-0.05, 0) is 74.0 Å². The van der Waals surface area contributed by atoms with Crippen molar-refractivity contribution < 1.29 is 31.7 Å². The van der Waals surface area contributed by atoms with Gasteiger partial charge in [-0.3, -0.25) is 8.42 Å². The predicted octanol–water partition coefficient (Wildman–Crippen LogP) is 4.24. The number of aromatic nitrogens is 6. The summed E-state index contributed by atoms with van der Waals surface area (Å²) in [6.45, 7) is 8.48. The summed E-state index contributed by atoms with van der Waals surface area (Å²) in [6.07, 6.45) is 5.19. The van der Waals surface area contributed by atoms with Crippen molar-refractivity contribution in [3.63, 3.8) is 0 Å². The first-order chi connectivity index (χ1) is 25.8. The van der Waals surface area contributed by atoms with Crippen LogP contribution < -0.4 is 20.2 Å². The number of halogens is 2. The predicted molar refractivity (Wildman–Crippen MR) is 199 cm³/mol. The van der Waals surface area contributed by atoms with Crippen molar-refractivity contribution in [3.05, 3.63) is 112 Å². The van der Waals surface area contributed by atoms with Crippen LogP contribution in [0.1, 0.15) is 31.9 Å². The third-order valence-electron chi connectivity index (χ3n) is 9.15. The summed E-state index contributed by atoms with van der Waals surface area (Å²) >= 11 is 12.7. The summed E-state index contributed by atoms with van der Waals surface area (Å²) in [5, 5.41) is 9.50. The van der Waals surface area contributed by atoms with Gasteiger partial charge in [0.1, 0.15) is 44.0 Å². The third-order valence-corrected chi connectivity index (χ3v) is 9.70. The van der Waals surface area contributed by atoms with Crippen molar-refractivity contribution in [1.82, 2.24) is 29.1 Å². The van der Waals surface area contributed by atoms with Crippen molar-refractivity contribution in [3.8, 4) is 11.4 Å². The Kier molecular flexibility index (Phi) is 12.3. The Hall–Kier alpha value is -4.49. The lowest BCUT2D eigenvalue weighted by atomic mass is 10.1. The maximum Gasteiger partial charge on any atom is 0.350 e. The van der Waals surface area contributed by atoms with Crippen LogP contribution in [0.3, 0.4) is 0 Å². The lowest BCUT2D eigenvalue weighted by Crippen LogP contribution is -2.46. The zero-order valence-corrected chi connectivity index (χ0v) is 31.7. The minimum Gasteiger partial charge on any atom is -0.759 e. The van der Waals surface area contributed by atoms with E-state index in [-0.39, 0.29) is 24.4 Å². The second-order valence-electron chi connectivity index (χ2n) is 12.7. The van der Waals surface area contributed by atoms with Gasteiger partial charge in [0.25, 0.3) is 0 Å². The smallest absolute Gasteiger partial charge is 0.350 e. The first-order valence-electron chi connectivity index (χ1n) is 17.1. The first kappa shape index (κ1) is 39.2. The quantitative estimate of drug-likeness (QED) is 0.137. The van der Waals surface area contributed by atoms with E-state index in [2.05, 4.69) is 49.2 Å². The minimum absolute atomic E-state index is 0.0645. The summed E-state index contributed by atoms with van der Waals surface area (Å²) in [6, 6.07) is 21.6. The molecular weight excluding hydrogens is 763 g/mol. The Morgan fingerprint density at radius 1 is 0.926 bits per heavy atom. The molecule has 3 atom stereocenters. The molecule has 54 heavy (non-hydrogen) atoms. The summed E-state index contributed by atoms with van der Waals surface area (Å²) in [5.74, 6) is -0.410. The van der Waals surface area contributed by atoms with Crippen molar-refractivity contribution >= 4 is 45.0 Å². The molecule has 2 aromatic heterocycles. The summed E-state index contributed by atoms with van der Waals surface area (Å²) < 4.78 is 57.7. The number of rotatable bonds is 11. The van der Waals surface area contributed by atoms with Gasteiger partial charge in [0.2, 0.25) is 5.79 Å². The van der Waals surface area contributed by atoms with E-state index < -0.39 is 16.2 Å². The molecule has 0 amide bonds. The van der Waals surface area contributed by atoms with Crippen molar-refractivity contribution in [2.24, 2.45) is 0 Å². The molecule has 4 heterocycles. The second kappa shape index (κ2) is 16.9. The van der Waals surface area contributed by atoms with E-state index in [1.807, 2.05) is 44.2 Å². The normalized spacial score (nSPS) is 19.3. The fraction of sp³-hybridized carbons (Fsp3) is 0.371. The topological polar surface area (TPSA) is 185 Å². The Balaban J connectivity index is 0.000000934. The van der Waals surface area contributed by atoms with Crippen LogP contribution in [0.15, 0.2) is 90.5 Å². The molecule has 7 rings (SSSR count). The van der Waals surface area contributed by atoms with E-state index in [1.165, 1.54) is 11.0 Å². The Labute approximate surface area is 322 Å². The van der Waals surface area contributed by atoms with Crippen molar-refractivity contribution in [2.75, 3.05) is 49.2 Å². The number of hydrogen-bond donors (Lipinski definition) is 0. The number of benzene rings is 3. The van der Waals surface area contributed by atoms with Gasteiger partial charge < -0.3 is 33.1 Å².